The summed E-state index contributed by atoms with van der Waals surface area (Å²) < 4.78 is 5.14. The lowest BCUT2D eigenvalue weighted by atomic mass is 10.1. The van der Waals surface area contributed by atoms with Crippen LogP contribution in [0.4, 0.5) is 16.2 Å². The van der Waals surface area contributed by atoms with Gasteiger partial charge in [-0.15, -0.1) is 0 Å². The quantitative estimate of drug-likeness (QED) is 0.776. The zero-order valence-corrected chi connectivity index (χ0v) is 14.7. The van der Waals surface area contributed by atoms with Gasteiger partial charge in [-0.05, 0) is 52.0 Å². The highest BCUT2D eigenvalue weighted by atomic mass is 16.6. The number of aryl methyl sites for hydroxylation is 1. The highest BCUT2D eigenvalue weighted by Gasteiger charge is 2.17. The predicted molar refractivity (Wildman–Crippen MR) is 97.1 cm³/mol. The molecule has 0 aliphatic carbocycles. The van der Waals surface area contributed by atoms with Gasteiger partial charge in [0.2, 0.25) is 0 Å². The summed E-state index contributed by atoms with van der Waals surface area (Å²) in [6.07, 6.45) is -0.635. The SMILES string of the molecule is Cc1ccc(NC(=O)c2ccc(NC(=O)OC(C)(C)C)cc2O)cc1. The summed E-state index contributed by atoms with van der Waals surface area (Å²) in [6.45, 7) is 7.21. The Bertz CT molecular complexity index is 777. The largest absolute Gasteiger partial charge is 0.507 e. The molecule has 2 rings (SSSR count). The number of carbonyl (C=O) groups excluding carboxylic acids is 2. The van der Waals surface area contributed by atoms with Crippen LogP contribution in [0.3, 0.4) is 0 Å². The summed E-state index contributed by atoms with van der Waals surface area (Å²) >= 11 is 0. The van der Waals surface area contributed by atoms with Gasteiger partial charge in [-0.25, -0.2) is 4.79 Å². The number of ether oxygens (including phenoxy) is 1. The number of aromatic hydroxyl groups is 1. The van der Waals surface area contributed by atoms with Crippen LogP contribution in [0.1, 0.15) is 36.7 Å². The van der Waals surface area contributed by atoms with E-state index in [0.717, 1.165) is 5.56 Å². The molecule has 2 aromatic carbocycles. The van der Waals surface area contributed by atoms with Crippen molar-refractivity contribution in [3.63, 3.8) is 0 Å². The van der Waals surface area contributed by atoms with Crippen molar-refractivity contribution in [3.05, 3.63) is 53.6 Å². The Balaban J connectivity index is 2.07. The molecular formula is C19H22N2O4. The van der Waals surface area contributed by atoms with Crippen LogP contribution < -0.4 is 10.6 Å². The normalized spacial score (nSPS) is 10.9. The standard InChI is InChI=1S/C19H22N2O4/c1-12-5-7-13(8-6-12)20-17(23)15-10-9-14(11-16(15)22)21-18(24)25-19(2,3)4/h5-11,22H,1-4H3,(H,20,23)(H,21,24). The second-order valence-corrected chi connectivity index (χ2v) is 6.68. The Morgan fingerprint density at radius 2 is 1.56 bits per heavy atom. The maximum absolute atomic E-state index is 12.3. The van der Waals surface area contributed by atoms with Crippen molar-refractivity contribution in [1.29, 1.82) is 0 Å². The van der Waals surface area contributed by atoms with Gasteiger partial charge in [0.15, 0.2) is 0 Å². The fraction of sp³-hybridized carbons (Fsp3) is 0.263. The predicted octanol–water partition coefficient (Wildman–Crippen LogP) is 4.30. The zero-order valence-electron chi connectivity index (χ0n) is 14.7. The molecule has 0 aliphatic rings. The number of phenols is 1. The van der Waals surface area contributed by atoms with Crippen LogP contribution in [0.15, 0.2) is 42.5 Å². The average molecular weight is 342 g/mol. The third kappa shape index (κ3) is 5.53. The molecule has 2 aromatic rings. The summed E-state index contributed by atoms with van der Waals surface area (Å²) in [7, 11) is 0. The Morgan fingerprint density at radius 3 is 2.12 bits per heavy atom. The van der Waals surface area contributed by atoms with E-state index in [9.17, 15) is 14.7 Å². The minimum absolute atomic E-state index is 0.107. The summed E-state index contributed by atoms with van der Waals surface area (Å²) in [6, 6.07) is 11.6. The van der Waals surface area contributed by atoms with Gasteiger partial charge in [0.25, 0.3) is 5.91 Å². The lowest BCUT2D eigenvalue weighted by Crippen LogP contribution is -2.27. The van der Waals surface area contributed by atoms with E-state index in [-0.39, 0.29) is 11.3 Å². The lowest BCUT2D eigenvalue weighted by molar-refractivity contribution is 0.0636. The van der Waals surface area contributed by atoms with Crippen molar-refractivity contribution >= 4 is 23.4 Å². The Kier molecular flexibility index (Phi) is 5.32. The molecule has 0 atom stereocenters. The molecule has 6 nitrogen and oxygen atoms in total. The molecule has 3 N–H and O–H groups in total. The lowest BCUT2D eigenvalue weighted by Gasteiger charge is -2.19. The smallest absolute Gasteiger partial charge is 0.412 e. The molecule has 0 bridgehead atoms. The molecule has 0 spiro atoms. The van der Waals surface area contributed by atoms with E-state index < -0.39 is 17.6 Å². The molecule has 0 aromatic heterocycles. The van der Waals surface area contributed by atoms with Crippen molar-refractivity contribution in [1.82, 2.24) is 0 Å². The number of hydrogen-bond acceptors (Lipinski definition) is 4. The fourth-order valence-corrected chi connectivity index (χ4v) is 2.06. The topological polar surface area (TPSA) is 87.7 Å². The minimum atomic E-state index is -0.635. The number of hydrogen-bond donors (Lipinski definition) is 3. The molecule has 25 heavy (non-hydrogen) atoms. The first-order valence-corrected chi connectivity index (χ1v) is 7.85. The van der Waals surface area contributed by atoms with Crippen molar-refractivity contribution in [2.24, 2.45) is 0 Å². The first kappa shape index (κ1) is 18.3. The number of carbonyl (C=O) groups is 2. The number of amides is 2. The number of benzene rings is 2. The van der Waals surface area contributed by atoms with Gasteiger partial charge in [0.05, 0.1) is 5.56 Å². The Hall–Kier alpha value is -3.02. The van der Waals surface area contributed by atoms with Crippen LogP contribution in [0, 0.1) is 6.92 Å². The monoisotopic (exact) mass is 342 g/mol. The van der Waals surface area contributed by atoms with E-state index in [1.54, 1.807) is 32.9 Å². The second-order valence-electron chi connectivity index (χ2n) is 6.68. The maximum atomic E-state index is 12.3. The molecule has 2 amide bonds. The van der Waals surface area contributed by atoms with Crippen molar-refractivity contribution in [2.45, 2.75) is 33.3 Å². The van der Waals surface area contributed by atoms with Gasteiger partial charge in [0, 0.05) is 17.4 Å². The molecule has 0 saturated carbocycles. The molecule has 0 aliphatic heterocycles. The fourth-order valence-electron chi connectivity index (χ4n) is 2.06. The zero-order chi connectivity index (χ0) is 18.6. The molecule has 0 unspecified atom stereocenters. The van der Waals surface area contributed by atoms with E-state index in [0.29, 0.717) is 11.4 Å². The van der Waals surface area contributed by atoms with Crippen molar-refractivity contribution < 1.29 is 19.4 Å². The van der Waals surface area contributed by atoms with Crippen LogP contribution in [0.5, 0.6) is 5.75 Å². The van der Waals surface area contributed by atoms with E-state index in [1.165, 1.54) is 18.2 Å². The van der Waals surface area contributed by atoms with Crippen LogP contribution in [0.2, 0.25) is 0 Å². The summed E-state index contributed by atoms with van der Waals surface area (Å²) in [5, 5.41) is 15.3. The second kappa shape index (κ2) is 7.25. The maximum Gasteiger partial charge on any atom is 0.412 e. The van der Waals surface area contributed by atoms with Gasteiger partial charge >= 0.3 is 6.09 Å². The molecule has 0 heterocycles. The molecule has 0 fully saturated rings. The van der Waals surface area contributed by atoms with Gasteiger partial charge in [-0.3, -0.25) is 10.1 Å². The average Bonchev–Trinajstić information content (AvgIpc) is 2.47. The summed E-state index contributed by atoms with van der Waals surface area (Å²) in [5.41, 5.74) is 1.53. The van der Waals surface area contributed by atoms with Gasteiger partial charge in [-0.1, -0.05) is 17.7 Å². The summed E-state index contributed by atoms with van der Waals surface area (Å²) in [5.74, 6) is -0.677. The first-order valence-electron chi connectivity index (χ1n) is 7.85. The molecule has 0 radical (unpaired) electrons. The highest BCUT2D eigenvalue weighted by Crippen LogP contribution is 2.24. The molecule has 6 heteroatoms. The molecular weight excluding hydrogens is 320 g/mol. The Morgan fingerprint density at radius 1 is 0.960 bits per heavy atom. The third-order valence-corrected chi connectivity index (χ3v) is 3.20. The Labute approximate surface area is 146 Å². The van der Waals surface area contributed by atoms with Crippen LogP contribution in [-0.4, -0.2) is 22.7 Å². The van der Waals surface area contributed by atoms with Gasteiger partial charge in [-0.2, -0.15) is 0 Å². The van der Waals surface area contributed by atoms with Crippen molar-refractivity contribution in [3.8, 4) is 5.75 Å². The number of phenolic OH excluding ortho intramolecular Hbond substituents is 1. The van der Waals surface area contributed by atoms with E-state index in [4.69, 9.17) is 4.74 Å². The van der Waals surface area contributed by atoms with E-state index >= 15 is 0 Å². The number of rotatable bonds is 3. The number of nitrogens with one attached hydrogen (secondary N) is 2. The van der Waals surface area contributed by atoms with E-state index in [2.05, 4.69) is 10.6 Å². The van der Waals surface area contributed by atoms with Crippen LogP contribution >= 0.6 is 0 Å². The highest BCUT2D eigenvalue weighted by molar-refractivity contribution is 6.06. The third-order valence-electron chi connectivity index (χ3n) is 3.20. The van der Waals surface area contributed by atoms with Gasteiger partial charge in [0.1, 0.15) is 11.4 Å². The molecule has 0 saturated heterocycles. The van der Waals surface area contributed by atoms with E-state index in [1.807, 2.05) is 19.1 Å². The van der Waals surface area contributed by atoms with Gasteiger partial charge < -0.3 is 15.2 Å². The number of anilines is 2. The van der Waals surface area contributed by atoms with Crippen molar-refractivity contribution in [2.75, 3.05) is 10.6 Å². The summed E-state index contributed by atoms with van der Waals surface area (Å²) in [4.78, 5) is 24.0. The first-order chi connectivity index (χ1) is 11.6. The van der Waals surface area contributed by atoms with Crippen LogP contribution in [-0.2, 0) is 4.74 Å². The minimum Gasteiger partial charge on any atom is -0.507 e. The van der Waals surface area contributed by atoms with Crippen LogP contribution in [0.25, 0.3) is 0 Å². The molecule has 132 valence electrons.